The second-order valence-electron chi connectivity index (χ2n) is 11.4. The van der Waals surface area contributed by atoms with Crippen molar-refractivity contribution in [3.8, 4) is 27.2 Å². The van der Waals surface area contributed by atoms with Gasteiger partial charge in [-0.1, -0.05) is 25.0 Å². The summed E-state index contributed by atoms with van der Waals surface area (Å²) in [7, 11) is -2.46. The minimum Gasteiger partial charge on any atom is -0.370 e. The standard InChI is InChI=1S/C30H32FN5O2S2/c31-21-7-10-25(34-18-21)29-35-27(24-4-2-1-3-23(24)26(37)17-30(19-32)11-12-30)28(39-29)20-5-8-22(9-6-20)36-13-15-40(33,38)16-14-36/h5-10,18,23-24,33H,1-4,11-17H2/t23-,24-/m1/s1. The Morgan fingerprint density at radius 2 is 1.88 bits per heavy atom. The lowest BCUT2D eigenvalue weighted by atomic mass is 9.73. The van der Waals surface area contributed by atoms with E-state index in [0.717, 1.165) is 60.3 Å². The van der Waals surface area contributed by atoms with Crippen LogP contribution in [-0.2, 0) is 14.5 Å². The van der Waals surface area contributed by atoms with Gasteiger partial charge in [-0.25, -0.2) is 13.6 Å². The first-order valence-corrected chi connectivity index (χ1v) is 16.6. The van der Waals surface area contributed by atoms with Gasteiger partial charge < -0.3 is 4.90 Å². The van der Waals surface area contributed by atoms with Crippen LogP contribution in [0.4, 0.5) is 10.1 Å². The van der Waals surface area contributed by atoms with E-state index in [9.17, 15) is 18.7 Å². The Bertz CT molecular complexity index is 1540. The lowest BCUT2D eigenvalue weighted by molar-refractivity contribution is -0.125. The van der Waals surface area contributed by atoms with Crippen LogP contribution in [0.25, 0.3) is 21.1 Å². The van der Waals surface area contributed by atoms with Crippen molar-refractivity contribution in [2.45, 2.75) is 50.9 Å². The van der Waals surface area contributed by atoms with Crippen LogP contribution in [-0.4, -0.2) is 44.6 Å². The van der Waals surface area contributed by atoms with Crippen molar-refractivity contribution in [2.75, 3.05) is 29.5 Å². The van der Waals surface area contributed by atoms with Crippen LogP contribution >= 0.6 is 11.3 Å². The van der Waals surface area contributed by atoms with Crippen LogP contribution < -0.4 is 4.90 Å². The molecule has 0 spiro atoms. The van der Waals surface area contributed by atoms with Gasteiger partial charge >= 0.3 is 0 Å². The number of aromatic nitrogens is 2. The Morgan fingerprint density at radius 1 is 1.15 bits per heavy atom. The third kappa shape index (κ3) is 5.54. The number of carbonyl (C=O) groups excluding carboxylic acids is 1. The fourth-order valence-electron chi connectivity index (χ4n) is 6.00. The number of nitrogens with one attached hydrogen (secondary N) is 1. The quantitative estimate of drug-likeness (QED) is 0.347. The summed E-state index contributed by atoms with van der Waals surface area (Å²) in [5.74, 6) is 0.332. The molecule has 2 saturated carbocycles. The van der Waals surface area contributed by atoms with E-state index < -0.39 is 21.0 Å². The molecule has 0 bridgehead atoms. The number of thiazole rings is 1. The summed E-state index contributed by atoms with van der Waals surface area (Å²) >= 11 is 1.51. The molecule has 6 rings (SSSR count). The highest BCUT2D eigenvalue weighted by atomic mass is 32.2. The molecule has 2 aromatic heterocycles. The van der Waals surface area contributed by atoms with Crippen LogP contribution in [0.15, 0.2) is 42.6 Å². The van der Waals surface area contributed by atoms with E-state index in [1.807, 2.05) is 0 Å². The zero-order valence-corrected chi connectivity index (χ0v) is 23.9. The van der Waals surface area contributed by atoms with Crippen molar-refractivity contribution >= 4 is 32.5 Å². The van der Waals surface area contributed by atoms with Crippen molar-refractivity contribution in [3.05, 3.63) is 54.1 Å². The van der Waals surface area contributed by atoms with Gasteiger partial charge in [-0.3, -0.25) is 14.6 Å². The molecule has 1 aliphatic heterocycles. The lowest BCUT2D eigenvalue weighted by Crippen LogP contribution is -2.39. The van der Waals surface area contributed by atoms with Gasteiger partial charge in [-0.05, 0) is 55.5 Å². The summed E-state index contributed by atoms with van der Waals surface area (Å²) in [4.78, 5) is 26.0. The molecule has 0 amide bonds. The Hall–Kier alpha value is -3.16. The van der Waals surface area contributed by atoms with E-state index >= 15 is 0 Å². The smallest absolute Gasteiger partial charge is 0.142 e. The van der Waals surface area contributed by atoms with Gasteiger partial charge in [-0.2, -0.15) is 5.26 Å². The number of halogens is 1. The van der Waals surface area contributed by atoms with Crippen molar-refractivity contribution in [1.29, 1.82) is 10.0 Å². The molecule has 1 saturated heterocycles. The summed E-state index contributed by atoms with van der Waals surface area (Å²) in [5.41, 5.74) is 3.05. The maximum Gasteiger partial charge on any atom is 0.142 e. The highest BCUT2D eigenvalue weighted by Crippen LogP contribution is 2.51. The van der Waals surface area contributed by atoms with Crippen molar-refractivity contribution in [3.63, 3.8) is 0 Å². The molecule has 10 heteroatoms. The summed E-state index contributed by atoms with van der Waals surface area (Å²) in [5, 5.41) is 10.3. The number of anilines is 1. The molecule has 1 aromatic carbocycles. The number of hydrogen-bond acceptors (Lipinski definition) is 8. The van der Waals surface area contributed by atoms with Gasteiger partial charge in [0.1, 0.15) is 16.6 Å². The first-order valence-electron chi connectivity index (χ1n) is 13.9. The van der Waals surface area contributed by atoms with Crippen LogP contribution in [0.1, 0.15) is 56.6 Å². The van der Waals surface area contributed by atoms with E-state index in [1.54, 1.807) is 6.07 Å². The summed E-state index contributed by atoms with van der Waals surface area (Å²) in [6, 6.07) is 13.6. The number of benzene rings is 1. The van der Waals surface area contributed by atoms with Crippen LogP contribution in [0, 0.1) is 33.3 Å². The second-order valence-corrected chi connectivity index (χ2v) is 14.8. The number of nitrogens with zero attached hydrogens (tertiary/aromatic N) is 4. The maximum atomic E-state index is 13.6. The highest BCUT2D eigenvalue weighted by Gasteiger charge is 2.47. The van der Waals surface area contributed by atoms with Crippen LogP contribution in [0.5, 0.6) is 0 Å². The van der Waals surface area contributed by atoms with Crippen molar-refractivity contribution < 1.29 is 13.4 Å². The Labute approximate surface area is 238 Å². The minimum atomic E-state index is -2.46. The molecule has 2 atom stereocenters. The fourth-order valence-corrected chi connectivity index (χ4v) is 8.35. The van der Waals surface area contributed by atoms with Crippen LogP contribution in [0.2, 0.25) is 0 Å². The van der Waals surface area contributed by atoms with Gasteiger partial charge in [0.2, 0.25) is 0 Å². The summed E-state index contributed by atoms with van der Waals surface area (Å²) < 4.78 is 33.6. The normalized spacial score (nSPS) is 23.4. The third-order valence-corrected chi connectivity index (χ3v) is 11.4. The Kier molecular flexibility index (Phi) is 7.21. The monoisotopic (exact) mass is 577 g/mol. The first kappa shape index (κ1) is 27.0. The van der Waals surface area contributed by atoms with Gasteiger partial charge in [0.05, 0.1) is 33.9 Å². The third-order valence-electron chi connectivity index (χ3n) is 8.61. The van der Waals surface area contributed by atoms with E-state index in [4.69, 9.17) is 9.76 Å². The number of nitriles is 1. The van der Waals surface area contributed by atoms with Crippen molar-refractivity contribution in [2.24, 2.45) is 11.3 Å². The molecule has 0 unspecified atom stereocenters. The average Bonchev–Trinajstić information content (AvgIpc) is 3.60. The van der Waals surface area contributed by atoms with E-state index in [-0.39, 0.29) is 17.6 Å². The van der Waals surface area contributed by atoms with Gasteiger partial charge in [0, 0.05) is 58.3 Å². The molecule has 208 valence electrons. The predicted molar refractivity (Wildman–Crippen MR) is 155 cm³/mol. The zero-order chi connectivity index (χ0) is 27.9. The molecule has 2 aliphatic carbocycles. The molecule has 3 aliphatic rings. The first-order chi connectivity index (χ1) is 19.3. The van der Waals surface area contributed by atoms with Crippen molar-refractivity contribution in [1.82, 2.24) is 9.97 Å². The number of hydrogen-bond donors (Lipinski definition) is 1. The maximum absolute atomic E-state index is 13.6. The van der Waals surface area contributed by atoms with Gasteiger partial charge in [0.25, 0.3) is 0 Å². The molecule has 40 heavy (non-hydrogen) atoms. The number of pyridine rings is 1. The SMILES string of the molecule is N#CC1(CC(=O)[C@@H]2CCCC[C@H]2c2nc(-c3ccc(F)cn3)sc2-c2ccc(N3CCS(=N)(=O)CC3)cc2)CC1. The fraction of sp³-hybridized carbons (Fsp3) is 0.467. The average molecular weight is 578 g/mol. The van der Waals surface area contributed by atoms with E-state index in [1.165, 1.54) is 23.6 Å². The topological polar surface area (TPSA) is 111 Å². The lowest BCUT2D eigenvalue weighted by Gasteiger charge is -2.31. The molecular formula is C30H32FN5O2S2. The molecule has 3 fully saturated rings. The Balaban J connectivity index is 1.35. The van der Waals surface area contributed by atoms with E-state index in [0.29, 0.717) is 41.7 Å². The zero-order valence-electron chi connectivity index (χ0n) is 22.3. The van der Waals surface area contributed by atoms with Gasteiger partial charge in [0.15, 0.2) is 0 Å². The predicted octanol–water partition coefficient (Wildman–Crippen LogP) is 6.41. The minimum absolute atomic E-state index is 0.0387. The molecule has 3 aromatic rings. The number of carbonyl (C=O) groups is 1. The second kappa shape index (κ2) is 10.7. The van der Waals surface area contributed by atoms with E-state index in [2.05, 4.69) is 40.2 Å². The largest absolute Gasteiger partial charge is 0.370 e. The number of rotatable bonds is 7. The number of ketones is 1. The van der Waals surface area contributed by atoms with Gasteiger partial charge in [-0.15, -0.1) is 11.3 Å². The highest BCUT2D eigenvalue weighted by molar-refractivity contribution is 7.92. The molecule has 3 heterocycles. The molecule has 1 N–H and O–H groups in total. The Morgan fingerprint density at radius 3 is 2.52 bits per heavy atom. The molecule has 7 nitrogen and oxygen atoms in total. The van der Waals surface area contributed by atoms with Crippen LogP contribution in [0.3, 0.4) is 0 Å². The molecular weight excluding hydrogens is 545 g/mol. The summed E-state index contributed by atoms with van der Waals surface area (Å²) in [6.45, 7) is 1.20. The summed E-state index contributed by atoms with van der Waals surface area (Å²) in [6.07, 6.45) is 6.81. The molecule has 0 radical (unpaired) electrons. The number of Topliss-reactive ketones (excluding diaryl/α,β-unsaturated/α-hetero) is 1.